The van der Waals surface area contributed by atoms with Gasteiger partial charge in [-0.1, -0.05) is 24.9 Å². The molecule has 3 aromatic rings. The minimum absolute atomic E-state index is 0.0388. The van der Waals surface area contributed by atoms with Crippen molar-refractivity contribution in [3.8, 4) is 5.75 Å². The molecule has 1 fully saturated rings. The number of thiophene rings is 2. The maximum absolute atomic E-state index is 15.3. The molecular formula is C33H34ClF6N3O5S2. The first-order chi connectivity index (χ1) is 23.3. The van der Waals surface area contributed by atoms with Crippen LogP contribution >= 0.6 is 34.3 Å². The number of carbonyl (C=O) groups is 3. The summed E-state index contributed by atoms with van der Waals surface area (Å²) in [7, 11) is 0. The number of amides is 2. The number of hydrogen-bond donors (Lipinski definition) is 1. The molecule has 5 heterocycles. The minimum Gasteiger partial charge on any atom is -0.481 e. The van der Waals surface area contributed by atoms with Crippen LogP contribution in [0, 0.1) is 5.41 Å². The van der Waals surface area contributed by atoms with Crippen molar-refractivity contribution >= 4 is 52.1 Å². The van der Waals surface area contributed by atoms with Crippen LogP contribution in [0.2, 0.25) is 4.34 Å². The molecule has 8 nitrogen and oxygen atoms in total. The number of aromatic nitrogens is 1. The van der Waals surface area contributed by atoms with Gasteiger partial charge in [0.1, 0.15) is 16.3 Å². The second-order valence-corrected chi connectivity index (χ2v) is 15.7. The molecule has 1 unspecified atom stereocenters. The number of likely N-dealkylation sites (tertiary alicyclic amines) is 1. The van der Waals surface area contributed by atoms with Gasteiger partial charge in [-0.25, -0.2) is 0 Å². The van der Waals surface area contributed by atoms with E-state index in [1.165, 1.54) is 30.1 Å². The lowest BCUT2D eigenvalue weighted by Crippen LogP contribution is -2.68. The summed E-state index contributed by atoms with van der Waals surface area (Å²) in [5, 5.41) is 11.1. The van der Waals surface area contributed by atoms with Gasteiger partial charge in [0.15, 0.2) is 0 Å². The van der Waals surface area contributed by atoms with E-state index in [9.17, 15) is 41.0 Å². The maximum atomic E-state index is 15.3. The summed E-state index contributed by atoms with van der Waals surface area (Å²) >= 11 is 7.91. The fraction of sp³-hybridized carbons (Fsp3) is 0.515. The predicted octanol–water partition coefficient (Wildman–Crippen LogP) is 8.75. The molecule has 2 aliphatic heterocycles. The fourth-order valence-electron chi connectivity index (χ4n) is 6.76. The molecule has 0 aromatic carbocycles. The number of pyridine rings is 1. The third-order valence-electron chi connectivity index (χ3n) is 9.17. The van der Waals surface area contributed by atoms with Gasteiger partial charge in [-0.3, -0.25) is 19.4 Å². The summed E-state index contributed by atoms with van der Waals surface area (Å²) in [4.78, 5) is 47.6. The molecule has 50 heavy (non-hydrogen) atoms. The van der Waals surface area contributed by atoms with Gasteiger partial charge in [-0.15, -0.1) is 22.7 Å². The normalized spacial score (nSPS) is 21.6. The van der Waals surface area contributed by atoms with Crippen molar-refractivity contribution in [2.75, 3.05) is 13.1 Å². The van der Waals surface area contributed by atoms with Gasteiger partial charge in [0.05, 0.1) is 27.4 Å². The lowest BCUT2D eigenvalue weighted by molar-refractivity contribution is -0.164. The van der Waals surface area contributed by atoms with Crippen molar-refractivity contribution in [1.82, 2.24) is 14.8 Å². The van der Waals surface area contributed by atoms with Crippen LogP contribution in [0.15, 0.2) is 35.8 Å². The quantitative estimate of drug-likeness (QED) is 0.219. The number of rotatable bonds is 9. The van der Waals surface area contributed by atoms with Crippen LogP contribution in [-0.2, 0) is 28.4 Å². The smallest absolute Gasteiger partial charge is 0.425 e. The van der Waals surface area contributed by atoms with Gasteiger partial charge in [-0.05, 0) is 63.3 Å². The molecule has 272 valence electrons. The van der Waals surface area contributed by atoms with Gasteiger partial charge in [0.25, 0.3) is 11.8 Å². The number of piperidine rings is 1. The highest BCUT2D eigenvalue weighted by atomic mass is 35.5. The molecule has 0 aliphatic carbocycles. The van der Waals surface area contributed by atoms with Crippen molar-refractivity contribution in [1.29, 1.82) is 0 Å². The number of alkyl halides is 6. The number of nitrogens with zero attached hydrogens (tertiary/aromatic N) is 3. The Morgan fingerprint density at radius 1 is 1.10 bits per heavy atom. The van der Waals surface area contributed by atoms with Crippen LogP contribution in [0.4, 0.5) is 26.3 Å². The van der Waals surface area contributed by atoms with Crippen molar-refractivity contribution in [2.45, 2.75) is 89.3 Å². The van der Waals surface area contributed by atoms with Crippen LogP contribution < -0.4 is 4.74 Å². The van der Waals surface area contributed by atoms with E-state index < -0.39 is 69.4 Å². The molecule has 3 atom stereocenters. The number of halogens is 7. The van der Waals surface area contributed by atoms with Crippen LogP contribution in [0.5, 0.6) is 5.75 Å². The fourth-order valence-corrected chi connectivity index (χ4v) is 8.87. The molecule has 0 radical (unpaired) electrons. The van der Waals surface area contributed by atoms with Crippen LogP contribution in [-0.4, -0.2) is 62.4 Å². The molecule has 3 aromatic heterocycles. The van der Waals surface area contributed by atoms with Gasteiger partial charge in [0, 0.05) is 42.0 Å². The minimum atomic E-state index is -4.93. The number of hydrogen-bond acceptors (Lipinski definition) is 7. The summed E-state index contributed by atoms with van der Waals surface area (Å²) in [6.07, 6.45) is -8.02. The number of fused-ring (bicyclic) bond motifs is 1. The summed E-state index contributed by atoms with van der Waals surface area (Å²) in [6, 6.07) is 2.19. The van der Waals surface area contributed by atoms with Crippen LogP contribution in [0.25, 0.3) is 0 Å². The third kappa shape index (κ3) is 7.33. The summed E-state index contributed by atoms with van der Waals surface area (Å²) in [6.45, 7) is 4.73. The van der Waals surface area contributed by atoms with Crippen molar-refractivity contribution in [2.24, 2.45) is 5.41 Å². The van der Waals surface area contributed by atoms with Crippen LogP contribution in [0.3, 0.4) is 0 Å². The van der Waals surface area contributed by atoms with Crippen molar-refractivity contribution in [3.05, 3.63) is 66.8 Å². The first-order valence-corrected chi connectivity index (χ1v) is 17.9. The molecule has 5 rings (SSSR count). The topological polar surface area (TPSA) is 100 Å². The highest BCUT2D eigenvalue weighted by Crippen LogP contribution is 2.48. The summed E-state index contributed by atoms with van der Waals surface area (Å²) in [5.74, 6) is -3.24. The second-order valence-electron chi connectivity index (χ2n) is 13.0. The zero-order valence-electron chi connectivity index (χ0n) is 27.2. The average Bonchev–Trinajstić information content (AvgIpc) is 3.67. The van der Waals surface area contributed by atoms with E-state index in [0.717, 1.165) is 40.2 Å². The Bertz CT molecular complexity index is 1760. The first kappa shape index (κ1) is 37.9. The van der Waals surface area contributed by atoms with Crippen molar-refractivity contribution < 1.29 is 50.6 Å². The Hall–Kier alpha value is -3.37. The molecule has 0 saturated carbocycles. The van der Waals surface area contributed by atoms with Gasteiger partial charge in [0.2, 0.25) is 5.60 Å². The standard InChI is InChI=1S/C33H34ClF6N3O5S2/c1-4-7-22-31(48-19-15-23(49-17-19)33(38,39)40,10-6-12-43(22)27(44)25-20(32(35,36)37)8-5-11-41-25)28(45)42-13-9-18-14-24(34)50-26(18)21(42)16-30(2,3)29(46)47/h5,8,11,14-15,17,21-22H,4,6-7,9-10,12-13,16H2,1-3H3,(H,46,47)/t21?,22-,31+/m1/s1. The SMILES string of the molecule is CCC[C@H]1N(C(=O)c2ncccc2C(F)(F)F)CCC[C@@]1(Oc1csc(C(F)(F)F)c1)C(=O)N1CCc2cc(Cl)sc2C1CC(C)(C)C(=O)O. The average molecular weight is 766 g/mol. The predicted molar refractivity (Wildman–Crippen MR) is 174 cm³/mol. The van der Waals surface area contributed by atoms with E-state index >= 15 is 4.79 Å². The zero-order chi connectivity index (χ0) is 36.8. The number of carboxylic acid groups (broad SMARTS) is 1. The second kappa shape index (κ2) is 14.0. The maximum Gasteiger partial charge on any atom is 0.425 e. The monoisotopic (exact) mass is 765 g/mol. The first-order valence-electron chi connectivity index (χ1n) is 15.8. The molecule has 0 bridgehead atoms. The Kier molecular flexibility index (Phi) is 10.6. The highest BCUT2D eigenvalue weighted by molar-refractivity contribution is 7.16. The highest BCUT2D eigenvalue weighted by Gasteiger charge is 2.57. The van der Waals surface area contributed by atoms with E-state index in [1.54, 1.807) is 13.0 Å². The Morgan fingerprint density at radius 3 is 2.44 bits per heavy atom. The third-order valence-corrected chi connectivity index (χ3v) is 11.5. The number of carbonyl (C=O) groups excluding carboxylic acids is 2. The molecular weight excluding hydrogens is 732 g/mol. The molecule has 1 saturated heterocycles. The van der Waals surface area contributed by atoms with Crippen LogP contribution in [0.1, 0.15) is 90.3 Å². The Labute approximate surface area is 297 Å². The Balaban J connectivity index is 1.67. The molecule has 17 heteroatoms. The number of ether oxygens (including phenoxy) is 1. The van der Waals surface area contributed by atoms with Crippen molar-refractivity contribution in [3.63, 3.8) is 0 Å². The lowest BCUT2D eigenvalue weighted by atomic mass is 9.78. The molecule has 1 N–H and O–H groups in total. The van der Waals surface area contributed by atoms with E-state index in [4.69, 9.17) is 16.3 Å². The van der Waals surface area contributed by atoms with Gasteiger partial charge in [-0.2, -0.15) is 26.3 Å². The Morgan fingerprint density at radius 2 is 1.82 bits per heavy atom. The summed E-state index contributed by atoms with van der Waals surface area (Å²) < 4.78 is 90.0. The molecule has 0 spiro atoms. The van der Waals surface area contributed by atoms with E-state index in [0.29, 0.717) is 33.4 Å². The zero-order valence-corrected chi connectivity index (χ0v) is 29.5. The lowest BCUT2D eigenvalue weighted by Gasteiger charge is -2.51. The van der Waals surface area contributed by atoms with Gasteiger partial charge >= 0.3 is 18.3 Å². The molecule has 2 aliphatic rings. The largest absolute Gasteiger partial charge is 0.481 e. The summed E-state index contributed by atoms with van der Waals surface area (Å²) in [5.41, 5.74) is -4.74. The van der Waals surface area contributed by atoms with E-state index in [-0.39, 0.29) is 44.5 Å². The van der Waals surface area contributed by atoms with Gasteiger partial charge < -0.3 is 19.6 Å². The van der Waals surface area contributed by atoms with E-state index in [1.807, 2.05) is 0 Å². The number of aliphatic carboxylic acids is 1. The molecule has 2 amide bonds. The van der Waals surface area contributed by atoms with E-state index in [2.05, 4.69) is 4.98 Å². The number of carboxylic acids is 1.